The first-order valence-electron chi connectivity index (χ1n) is 4.33. The SMILES string of the molecule is CCc1cccc(C(Cl)(Cl)C(Cl)(Cl)Cl)c1. The van der Waals surface area contributed by atoms with Crippen LogP contribution in [0.2, 0.25) is 0 Å². The summed E-state index contributed by atoms with van der Waals surface area (Å²) in [6.07, 6.45) is 0.873. The minimum absolute atomic E-state index is 0.588. The molecule has 0 saturated carbocycles. The third kappa shape index (κ3) is 3.08. The highest BCUT2D eigenvalue weighted by Gasteiger charge is 2.47. The maximum Gasteiger partial charge on any atom is 0.227 e. The van der Waals surface area contributed by atoms with Crippen LogP contribution in [0.1, 0.15) is 18.1 Å². The van der Waals surface area contributed by atoms with Gasteiger partial charge in [-0.05, 0) is 17.5 Å². The smallest absolute Gasteiger partial charge is 0.0915 e. The molecule has 0 N–H and O–H groups in total. The highest BCUT2D eigenvalue weighted by atomic mass is 35.6. The maximum atomic E-state index is 6.04. The molecular weight excluding hydrogens is 297 g/mol. The Morgan fingerprint density at radius 1 is 1.07 bits per heavy atom. The van der Waals surface area contributed by atoms with Crippen molar-refractivity contribution in [3.63, 3.8) is 0 Å². The van der Waals surface area contributed by atoms with Gasteiger partial charge in [-0.25, -0.2) is 0 Å². The van der Waals surface area contributed by atoms with Crippen LogP contribution in [0, 0.1) is 0 Å². The van der Waals surface area contributed by atoms with Gasteiger partial charge < -0.3 is 0 Å². The molecule has 0 radical (unpaired) electrons. The van der Waals surface area contributed by atoms with Crippen LogP contribution in [0.5, 0.6) is 0 Å². The lowest BCUT2D eigenvalue weighted by atomic mass is 10.1. The fraction of sp³-hybridized carbons (Fsp3) is 0.400. The molecule has 1 aromatic carbocycles. The van der Waals surface area contributed by atoms with Gasteiger partial charge in [0.1, 0.15) is 0 Å². The summed E-state index contributed by atoms with van der Waals surface area (Å²) in [5.74, 6) is 0. The van der Waals surface area contributed by atoms with Crippen molar-refractivity contribution in [2.75, 3.05) is 0 Å². The summed E-state index contributed by atoms with van der Waals surface area (Å²) in [5, 5.41) is 0. The molecule has 5 heteroatoms. The van der Waals surface area contributed by atoms with E-state index in [9.17, 15) is 0 Å². The molecule has 0 fully saturated rings. The second-order valence-corrected chi connectivity index (χ2v) is 6.73. The Morgan fingerprint density at radius 2 is 1.67 bits per heavy atom. The van der Waals surface area contributed by atoms with Crippen molar-refractivity contribution in [3.8, 4) is 0 Å². The lowest BCUT2D eigenvalue weighted by Crippen LogP contribution is -2.28. The summed E-state index contributed by atoms with van der Waals surface area (Å²) in [6.45, 7) is 2.03. The highest BCUT2D eigenvalue weighted by Crippen LogP contribution is 2.52. The predicted octanol–water partition coefficient (Wildman–Crippen LogP) is 5.25. The fourth-order valence-electron chi connectivity index (χ4n) is 1.15. The van der Waals surface area contributed by atoms with Crippen LogP contribution in [0.15, 0.2) is 24.3 Å². The van der Waals surface area contributed by atoms with E-state index in [0.717, 1.165) is 12.0 Å². The molecule has 0 saturated heterocycles. The van der Waals surface area contributed by atoms with Crippen LogP contribution in [0.3, 0.4) is 0 Å². The predicted molar refractivity (Wildman–Crippen MR) is 69.5 cm³/mol. The van der Waals surface area contributed by atoms with Crippen molar-refractivity contribution in [1.82, 2.24) is 0 Å². The number of aryl methyl sites for hydroxylation is 1. The van der Waals surface area contributed by atoms with E-state index in [1.165, 1.54) is 0 Å². The van der Waals surface area contributed by atoms with Gasteiger partial charge in [0.2, 0.25) is 3.79 Å². The largest absolute Gasteiger partial charge is 0.227 e. The summed E-state index contributed by atoms with van der Waals surface area (Å²) >= 11 is 29.2. The summed E-state index contributed by atoms with van der Waals surface area (Å²) < 4.78 is -3.30. The zero-order valence-electron chi connectivity index (χ0n) is 7.91. The molecular formula is C10H9Cl5. The molecule has 0 nitrogen and oxygen atoms in total. The summed E-state index contributed by atoms with van der Waals surface area (Å²) in [4.78, 5) is 0. The van der Waals surface area contributed by atoms with Gasteiger partial charge in [0, 0.05) is 0 Å². The molecule has 1 aromatic rings. The third-order valence-corrected chi connectivity index (χ3v) is 4.49. The van der Waals surface area contributed by atoms with Gasteiger partial charge in [-0.15, -0.1) is 0 Å². The standard InChI is InChI=1S/C10H9Cl5/c1-2-7-4-3-5-8(6-7)9(11,12)10(13,14)15/h3-6H,2H2,1H3. The normalized spacial score (nSPS) is 12.9. The van der Waals surface area contributed by atoms with Crippen molar-refractivity contribution in [2.45, 2.75) is 21.5 Å². The Bertz CT molecular complexity index is 340. The van der Waals surface area contributed by atoms with Gasteiger partial charge in [0.05, 0.1) is 0 Å². The van der Waals surface area contributed by atoms with Crippen LogP contribution in [0.25, 0.3) is 0 Å². The summed E-state index contributed by atoms with van der Waals surface area (Å²) in [6, 6.07) is 7.37. The van der Waals surface area contributed by atoms with Crippen molar-refractivity contribution in [2.24, 2.45) is 0 Å². The quantitative estimate of drug-likeness (QED) is 0.655. The Kier molecular flexibility index (Phi) is 4.48. The number of alkyl halides is 5. The van der Waals surface area contributed by atoms with E-state index in [0.29, 0.717) is 5.56 Å². The zero-order chi connectivity index (χ0) is 11.7. The first-order chi connectivity index (χ1) is 6.79. The number of hydrogen-bond acceptors (Lipinski definition) is 0. The summed E-state index contributed by atoms with van der Waals surface area (Å²) in [5.41, 5.74) is 1.68. The second-order valence-electron chi connectivity index (χ2n) is 3.13. The van der Waals surface area contributed by atoms with Crippen LogP contribution in [-0.4, -0.2) is 3.79 Å². The van der Waals surface area contributed by atoms with E-state index < -0.39 is 8.13 Å². The lowest BCUT2D eigenvalue weighted by Gasteiger charge is -2.28. The molecule has 1 rings (SSSR count). The molecule has 0 atom stereocenters. The highest BCUT2D eigenvalue weighted by molar-refractivity contribution is 6.75. The zero-order valence-corrected chi connectivity index (χ0v) is 11.7. The number of halogens is 5. The van der Waals surface area contributed by atoms with Crippen molar-refractivity contribution >= 4 is 58.0 Å². The number of hydrogen-bond donors (Lipinski definition) is 0. The minimum atomic E-state index is -1.76. The van der Waals surface area contributed by atoms with Gasteiger partial charge in [-0.3, -0.25) is 0 Å². The average Bonchev–Trinajstić information content (AvgIpc) is 2.16. The van der Waals surface area contributed by atoms with Gasteiger partial charge in [0.15, 0.2) is 4.33 Å². The first kappa shape index (κ1) is 13.7. The van der Waals surface area contributed by atoms with E-state index in [2.05, 4.69) is 0 Å². The van der Waals surface area contributed by atoms with Gasteiger partial charge >= 0.3 is 0 Å². The molecule has 15 heavy (non-hydrogen) atoms. The maximum absolute atomic E-state index is 6.04. The van der Waals surface area contributed by atoms with E-state index in [1.54, 1.807) is 6.07 Å². The average molecular weight is 306 g/mol. The van der Waals surface area contributed by atoms with E-state index in [1.807, 2.05) is 25.1 Å². The number of rotatable bonds is 2. The molecule has 0 aliphatic heterocycles. The topological polar surface area (TPSA) is 0 Å². The van der Waals surface area contributed by atoms with E-state index >= 15 is 0 Å². The van der Waals surface area contributed by atoms with Gasteiger partial charge in [0.25, 0.3) is 0 Å². The van der Waals surface area contributed by atoms with Gasteiger partial charge in [-0.2, -0.15) is 0 Å². The molecule has 0 amide bonds. The Balaban J connectivity index is 3.15. The molecule has 0 spiro atoms. The molecule has 0 heterocycles. The molecule has 0 aromatic heterocycles. The minimum Gasteiger partial charge on any atom is -0.0915 e. The molecule has 0 aliphatic rings. The van der Waals surface area contributed by atoms with Crippen molar-refractivity contribution in [3.05, 3.63) is 35.4 Å². The molecule has 0 aliphatic carbocycles. The van der Waals surface area contributed by atoms with E-state index in [-0.39, 0.29) is 0 Å². The van der Waals surface area contributed by atoms with Gasteiger partial charge in [-0.1, -0.05) is 89.2 Å². The Labute approximate surface area is 114 Å². The monoisotopic (exact) mass is 304 g/mol. The van der Waals surface area contributed by atoms with E-state index in [4.69, 9.17) is 58.0 Å². The first-order valence-corrected chi connectivity index (χ1v) is 6.22. The van der Waals surface area contributed by atoms with Crippen molar-refractivity contribution < 1.29 is 0 Å². The second kappa shape index (κ2) is 4.89. The number of benzene rings is 1. The molecule has 84 valence electrons. The van der Waals surface area contributed by atoms with Crippen LogP contribution in [0.4, 0.5) is 0 Å². The third-order valence-electron chi connectivity index (χ3n) is 2.05. The van der Waals surface area contributed by atoms with Crippen LogP contribution >= 0.6 is 58.0 Å². The fourth-order valence-corrected chi connectivity index (χ4v) is 1.71. The molecule has 0 unspecified atom stereocenters. The van der Waals surface area contributed by atoms with Crippen molar-refractivity contribution in [1.29, 1.82) is 0 Å². The van der Waals surface area contributed by atoms with Crippen LogP contribution < -0.4 is 0 Å². The Morgan fingerprint density at radius 3 is 2.13 bits per heavy atom. The van der Waals surface area contributed by atoms with Crippen LogP contribution in [-0.2, 0) is 10.8 Å². The lowest BCUT2D eigenvalue weighted by molar-refractivity contribution is 0.873. The summed E-state index contributed by atoms with van der Waals surface area (Å²) in [7, 11) is 0. The molecule has 0 bridgehead atoms. The Hall–Kier alpha value is 0.670.